The first-order valence-electron chi connectivity index (χ1n) is 16.9. The second-order valence-electron chi connectivity index (χ2n) is 15.6. The second-order valence-corrected chi connectivity index (χ2v) is 17.2. The summed E-state index contributed by atoms with van der Waals surface area (Å²) in [7, 11) is -3.69. The van der Waals surface area contributed by atoms with E-state index < -0.39 is 10.1 Å². The van der Waals surface area contributed by atoms with Crippen LogP contribution in [-0.4, -0.2) is 15.0 Å². The maximum atomic E-state index is 12.7. The van der Waals surface area contributed by atoms with Gasteiger partial charge in [-0.3, -0.25) is 4.18 Å². The zero-order valence-corrected chi connectivity index (χ0v) is 27.3. The molecule has 4 aliphatic carbocycles. The zero-order chi connectivity index (χ0) is 28.7. The number of fused-ring (bicyclic) bond motifs is 5. The van der Waals surface area contributed by atoms with E-state index in [1.54, 1.807) is 12.1 Å². The summed E-state index contributed by atoms with van der Waals surface area (Å²) in [5.41, 5.74) is 2.21. The fraction of sp³-hybridized carbons (Fsp3) is 0.833. The van der Waals surface area contributed by atoms with Crippen molar-refractivity contribution in [3.8, 4) is 0 Å². The molecule has 9 atom stereocenters. The van der Waals surface area contributed by atoms with E-state index >= 15 is 0 Å². The number of benzene rings is 1. The fourth-order valence-electron chi connectivity index (χ4n) is 10.8. The van der Waals surface area contributed by atoms with Crippen LogP contribution in [-0.2, 0) is 14.3 Å². The van der Waals surface area contributed by atoms with Crippen molar-refractivity contribution in [1.29, 1.82) is 0 Å². The average molecular weight is 571 g/mol. The minimum atomic E-state index is -3.69. The van der Waals surface area contributed by atoms with Crippen molar-refractivity contribution in [3.63, 3.8) is 0 Å². The molecule has 3 nitrogen and oxygen atoms in total. The summed E-state index contributed by atoms with van der Waals surface area (Å²) in [4.78, 5) is 0.262. The standard InChI is InChI=1S/C36H58O3S/c1-25(2)28(21-24-39-40(37,38)30-15-10-26(3)11-16-30)13-12-27(4)32-18-19-33-31-17-14-29-9-7-8-22-35(29,5)34(31)20-23-36(32,33)6/h10-11,15-16,25,27-29,31-34H,7-9,12-14,17-24H2,1-6H3/t27-,28+,29?,31+,32-,33+,34+,35+,36-/m1/s1. The first-order chi connectivity index (χ1) is 19.0. The Hall–Kier alpha value is -0.870. The van der Waals surface area contributed by atoms with E-state index in [1.807, 2.05) is 19.1 Å². The quantitative estimate of drug-likeness (QED) is 0.263. The lowest BCUT2D eigenvalue weighted by Gasteiger charge is -2.61. The number of rotatable bonds is 10. The van der Waals surface area contributed by atoms with Gasteiger partial charge in [-0.25, -0.2) is 0 Å². The monoisotopic (exact) mass is 570 g/mol. The van der Waals surface area contributed by atoms with Crippen LogP contribution in [0.2, 0.25) is 0 Å². The van der Waals surface area contributed by atoms with Gasteiger partial charge in [-0.2, -0.15) is 8.42 Å². The van der Waals surface area contributed by atoms with Crippen molar-refractivity contribution in [1.82, 2.24) is 0 Å². The van der Waals surface area contributed by atoms with Gasteiger partial charge in [0, 0.05) is 0 Å². The molecule has 1 unspecified atom stereocenters. The summed E-state index contributed by atoms with van der Waals surface area (Å²) in [5.74, 6) is 6.54. The summed E-state index contributed by atoms with van der Waals surface area (Å²) in [5, 5.41) is 0. The van der Waals surface area contributed by atoms with Crippen LogP contribution >= 0.6 is 0 Å². The van der Waals surface area contributed by atoms with E-state index in [-0.39, 0.29) is 11.5 Å². The van der Waals surface area contributed by atoms with E-state index in [9.17, 15) is 8.42 Å². The molecule has 0 radical (unpaired) electrons. The van der Waals surface area contributed by atoms with Crippen LogP contribution in [0.4, 0.5) is 0 Å². The molecule has 0 amide bonds. The Morgan fingerprint density at radius 2 is 1.55 bits per heavy atom. The van der Waals surface area contributed by atoms with Gasteiger partial charge in [0.1, 0.15) is 0 Å². The molecule has 0 N–H and O–H groups in total. The van der Waals surface area contributed by atoms with Crippen molar-refractivity contribution in [2.45, 2.75) is 130 Å². The SMILES string of the molecule is Cc1ccc(S(=O)(=O)OCC[C@H](CC[C@@H](C)[C@H]2CC[C@H]3[C@@H]4CCC5CCCC[C@]5(C)[C@H]4CC[C@]23C)C(C)C)cc1. The summed E-state index contributed by atoms with van der Waals surface area (Å²) in [6.45, 7) is 14.8. The molecule has 40 heavy (non-hydrogen) atoms. The molecular weight excluding hydrogens is 512 g/mol. The normalized spacial score (nSPS) is 37.4. The highest BCUT2D eigenvalue weighted by molar-refractivity contribution is 7.86. The lowest BCUT2D eigenvalue weighted by Crippen LogP contribution is -2.53. The topological polar surface area (TPSA) is 43.4 Å². The Bertz CT molecular complexity index is 1090. The van der Waals surface area contributed by atoms with Crippen LogP contribution < -0.4 is 0 Å². The highest BCUT2D eigenvalue weighted by atomic mass is 32.2. The predicted octanol–water partition coefficient (Wildman–Crippen LogP) is 9.83. The van der Waals surface area contributed by atoms with E-state index in [2.05, 4.69) is 34.6 Å². The molecule has 4 heteroatoms. The fourth-order valence-corrected chi connectivity index (χ4v) is 11.8. The number of hydrogen-bond acceptors (Lipinski definition) is 3. The van der Waals surface area contributed by atoms with Crippen molar-refractivity contribution < 1.29 is 12.6 Å². The Morgan fingerprint density at radius 1 is 0.825 bits per heavy atom. The van der Waals surface area contributed by atoms with Crippen LogP contribution in [0, 0.1) is 65.1 Å². The predicted molar refractivity (Wildman–Crippen MR) is 165 cm³/mol. The van der Waals surface area contributed by atoms with Gasteiger partial charge in [0.15, 0.2) is 0 Å². The Kier molecular flexibility index (Phi) is 9.19. The molecule has 5 rings (SSSR count). The highest BCUT2D eigenvalue weighted by Crippen LogP contribution is 2.68. The highest BCUT2D eigenvalue weighted by Gasteiger charge is 2.60. The minimum Gasteiger partial charge on any atom is -0.266 e. The van der Waals surface area contributed by atoms with Crippen LogP contribution in [0.3, 0.4) is 0 Å². The summed E-state index contributed by atoms with van der Waals surface area (Å²) >= 11 is 0. The maximum Gasteiger partial charge on any atom is 0.296 e. The largest absolute Gasteiger partial charge is 0.296 e. The molecule has 4 fully saturated rings. The molecule has 0 spiro atoms. The average Bonchev–Trinajstić information content (AvgIpc) is 3.27. The van der Waals surface area contributed by atoms with Crippen molar-refractivity contribution in [2.24, 2.45) is 58.2 Å². The minimum absolute atomic E-state index is 0.262. The van der Waals surface area contributed by atoms with Crippen LogP contribution in [0.5, 0.6) is 0 Å². The molecule has 4 saturated carbocycles. The Labute approximate surface area is 246 Å². The molecule has 0 aliphatic heterocycles. The summed E-state index contributed by atoms with van der Waals surface area (Å²) < 4.78 is 30.9. The van der Waals surface area contributed by atoms with Crippen molar-refractivity contribution in [3.05, 3.63) is 29.8 Å². The summed E-state index contributed by atoms with van der Waals surface area (Å²) in [6, 6.07) is 6.96. The second kappa shape index (κ2) is 12.0. The maximum absolute atomic E-state index is 12.7. The van der Waals surface area contributed by atoms with Crippen molar-refractivity contribution in [2.75, 3.05) is 6.61 Å². The van der Waals surface area contributed by atoms with Gasteiger partial charge >= 0.3 is 0 Å². The van der Waals surface area contributed by atoms with E-state index in [0.29, 0.717) is 22.7 Å². The third-order valence-electron chi connectivity index (χ3n) is 13.3. The lowest BCUT2D eigenvalue weighted by molar-refractivity contribution is -0.114. The Morgan fingerprint density at radius 3 is 2.27 bits per heavy atom. The molecule has 1 aromatic rings. The first-order valence-corrected chi connectivity index (χ1v) is 18.3. The van der Waals surface area contributed by atoms with Crippen LogP contribution in [0.25, 0.3) is 0 Å². The van der Waals surface area contributed by atoms with Crippen LogP contribution in [0.1, 0.15) is 124 Å². The smallest absolute Gasteiger partial charge is 0.266 e. The lowest BCUT2D eigenvalue weighted by atomic mass is 9.44. The molecule has 0 bridgehead atoms. The van der Waals surface area contributed by atoms with Gasteiger partial charge in [0.05, 0.1) is 11.5 Å². The Balaban J connectivity index is 1.16. The third kappa shape index (κ3) is 5.84. The van der Waals surface area contributed by atoms with Gasteiger partial charge in [-0.15, -0.1) is 0 Å². The molecule has 0 aromatic heterocycles. The van der Waals surface area contributed by atoms with Crippen LogP contribution in [0.15, 0.2) is 29.2 Å². The molecule has 226 valence electrons. The molecule has 0 saturated heterocycles. The summed E-state index contributed by atoms with van der Waals surface area (Å²) in [6.07, 6.45) is 18.0. The van der Waals surface area contributed by atoms with E-state index in [0.717, 1.165) is 47.5 Å². The van der Waals surface area contributed by atoms with Gasteiger partial charge in [0.2, 0.25) is 0 Å². The third-order valence-corrected chi connectivity index (χ3v) is 14.6. The van der Waals surface area contributed by atoms with Gasteiger partial charge < -0.3 is 0 Å². The van der Waals surface area contributed by atoms with Gasteiger partial charge in [-0.1, -0.05) is 71.6 Å². The van der Waals surface area contributed by atoms with Crippen molar-refractivity contribution >= 4 is 10.1 Å². The van der Waals surface area contributed by atoms with Gasteiger partial charge in [0.25, 0.3) is 10.1 Å². The number of hydrogen-bond donors (Lipinski definition) is 0. The first kappa shape index (κ1) is 30.6. The van der Waals surface area contributed by atoms with E-state index in [4.69, 9.17) is 4.18 Å². The molecule has 0 heterocycles. The molecule has 4 aliphatic rings. The zero-order valence-electron chi connectivity index (χ0n) is 26.5. The molecular formula is C36H58O3S. The van der Waals surface area contributed by atoms with E-state index in [1.165, 1.54) is 77.0 Å². The van der Waals surface area contributed by atoms with Gasteiger partial charge in [-0.05, 0) is 141 Å². The number of aryl methyl sites for hydroxylation is 1. The molecule has 1 aromatic carbocycles.